The molecule has 4 rings (SSSR count). The lowest BCUT2D eigenvalue weighted by molar-refractivity contribution is -0.113. The number of carbonyl (C=O) groups excluding carboxylic acids is 1. The number of amides is 1. The molecule has 1 amide bonds. The molecule has 0 spiro atoms. The number of thiazole rings is 1. The summed E-state index contributed by atoms with van der Waals surface area (Å²) in [5.74, 6) is 0.214. The summed E-state index contributed by atoms with van der Waals surface area (Å²) in [6, 6.07) is 22.2. The highest BCUT2D eigenvalue weighted by Gasteiger charge is 2.10. The van der Waals surface area contributed by atoms with Crippen LogP contribution in [0.1, 0.15) is 10.4 Å². The summed E-state index contributed by atoms with van der Waals surface area (Å²) in [5.41, 5.74) is 7.86. The van der Waals surface area contributed by atoms with Crippen molar-refractivity contribution in [3.8, 4) is 0 Å². The number of carbonyl (C=O) groups is 1. The van der Waals surface area contributed by atoms with Crippen LogP contribution in [0.25, 0.3) is 10.8 Å². The topological polar surface area (TPSA) is 68.0 Å². The zero-order chi connectivity index (χ0) is 19.3. The Labute approximate surface area is 171 Å². The SMILES string of the molecule is Nc1ccccc1SCC(=O)Nc1ncc(Cc2cccc3ccccc23)s1. The first-order valence-electron chi connectivity index (χ1n) is 8.87. The highest BCUT2D eigenvalue weighted by molar-refractivity contribution is 8.00. The third-order valence-electron chi connectivity index (χ3n) is 4.32. The van der Waals surface area contributed by atoms with E-state index in [9.17, 15) is 4.79 Å². The maximum Gasteiger partial charge on any atom is 0.236 e. The van der Waals surface area contributed by atoms with Gasteiger partial charge in [-0.2, -0.15) is 0 Å². The fraction of sp³-hybridized carbons (Fsp3) is 0.0909. The first-order chi connectivity index (χ1) is 13.7. The standard InChI is InChI=1S/C22H19N3OS2/c23-19-10-3-4-11-20(19)27-14-21(26)25-22-24-13-17(28-22)12-16-8-5-7-15-6-1-2-9-18(15)16/h1-11,13H,12,14,23H2,(H,24,25,26). The Morgan fingerprint density at radius 2 is 1.82 bits per heavy atom. The number of rotatable bonds is 6. The van der Waals surface area contributed by atoms with E-state index in [0.717, 1.165) is 16.2 Å². The molecule has 3 aromatic carbocycles. The summed E-state index contributed by atoms with van der Waals surface area (Å²) in [6.07, 6.45) is 2.63. The summed E-state index contributed by atoms with van der Waals surface area (Å²) in [5, 5.41) is 5.99. The van der Waals surface area contributed by atoms with E-state index in [1.165, 1.54) is 39.4 Å². The molecule has 4 aromatic rings. The molecule has 0 aliphatic carbocycles. The zero-order valence-corrected chi connectivity index (χ0v) is 16.7. The zero-order valence-electron chi connectivity index (χ0n) is 15.1. The molecular formula is C22H19N3OS2. The van der Waals surface area contributed by atoms with Gasteiger partial charge in [-0.25, -0.2) is 4.98 Å². The highest BCUT2D eigenvalue weighted by atomic mass is 32.2. The average Bonchev–Trinajstić information content (AvgIpc) is 3.14. The van der Waals surface area contributed by atoms with Crippen molar-refractivity contribution in [1.29, 1.82) is 0 Å². The number of hydrogen-bond donors (Lipinski definition) is 2. The van der Waals surface area contributed by atoms with Crippen LogP contribution in [-0.2, 0) is 11.2 Å². The molecule has 0 radical (unpaired) electrons. The van der Waals surface area contributed by atoms with E-state index in [0.29, 0.717) is 16.6 Å². The minimum atomic E-state index is -0.0840. The van der Waals surface area contributed by atoms with E-state index in [1.54, 1.807) is 0 Å². The monoisotopic (exact) mass is 405 g/mol. The van der Waals surface area contributed by atoms with Gasteiger partial charge in [0.15, 0.2) is 5.13 Å². The number of aromatic nitrogens is 1. The molecular weight excluding hydrogens is 386 g/mol. The molecule has 0 saturated heterocycles. The maximum absolute atomic E-state index is 12.2. The Balaban J connectivity index is 1.39. The smallest absolute Gasteiger partial charge is 0.236 e. The van der Waals surface area contributed by atoms with E-state index in [-0.39, 0.29) is 5.91 Å². The van der Waals surface area contributed by atoms with E-state index in [4.69, 9.17) is 5.73 Å². The lowest BCUT2D eigenvalue weighted by atomic mass is 10.0. The molecule has 0 unspecified atom stereocenters. The van der Waals surface area contributed by atoms with Gasteiger partial charge in [-0.15, -0.1) is 23.1 Å². The number of nitrogens with two attached hydrogens (primary N) is 1. The van der Waals surface area contributed by atoms with Crippen molar-refractivity contribution < 1.29 is 4.79 Å². The van der Waals surface area contributed by atoms with Crippen LogP contribution in [0, 0.1) is 0 Å². The fourth-order valence-corrected chi connectivity index (χ4v) is 4.61. The summed E-state index contributed by atoms with van der Waals surface area (Å²) in [4.78, 5) is 18.6. The number of thioether (sulfide) groups is 1. The van der Waals surface area contributed by atoms with Crippen molar-refractivity contribution in [3.63, 3.8) is 0 Å². The Morgan fingerprint density at radius 3 is 2.71 bits per heavy atom. The average molecular weight is 406 g/mol. The van der Waals surface area contributed by atoms with Gasteiger partial charge in [0, 0.05) is 28.1 Å². The van der Waals surface area contributed by atoms with Crippen molar-refractivity contribution in [2.45, 2.75) is 11.3 Å². The molecule has 0 bridgehead atoms. The van der Waals surface area contributed by atoms with Crippen LogP contribution in [0.2, 0.25) is 0 Å². The van der Waals surface area contributed by atoms with Gasteiger partial charge in [-0.1, -0.05) is 54.6 Å². The number of hydrogen-bond acceptors (Lipinski definition) is 5. The molecule has 28 heavy (non-hydrogen) atoms. The first-order valence-corrected chi connectivity index (χ1v) is 10.7. The Kier molecular flexibility index (Phi) is 5.60. The molecule has 0 fully saturated rings. The van der Waals surface area contributed by atoms with Crippen molar-refractivity contribution >= 4 is 50.6 Å². The Hall–Kier alpha value is -2.83. The molecule has 0 atom stereocenters. The molecule has 140 valence electrons. The van der Waals surface area contributed by atoms with E-state index >= 15 is 0 Å². The second-order valence-corrected chi connectivity index (χ2v) is 8.45. The van der Waals surface area contributed by atoms with Gasteiger partial charge >= 0.3 is 0 Å². The van der Waals surface area contributed by atoms with Crippen LogP contribution in [-0.4, -0.2) is 16.6 Å². The van der Waals surface area contributed by atoms with E-state index < -0.39 is 0 Å². The molecule has 6 heteroatoms. The lowest BCUT2D eigenvalue weighted by Crippen LogP contribution is -2.13. The van der Waals surface area contributed by atoms with Crippen LogP contribution in [0.5, 0.6) is 0 Å². The van der Waals surface area contributed by atoms with Crippen LogP contribution >= 0.6 is 23.1 Å². The molecule has 0 aliphatic heterocycles. The van der Waals surface area contributed by atoms with Gasteiger partial charge in [0.25, 0.3) is 0 Å². The van der Waals surface area contributed by atoms with Crippen molar-refractivity contribution in [2.24, 2.45) is 0 Å². The van der Waals surface area contributed by atoms with Gasteiger partial charge in [0.05, 0.1) is 5.75 Å². The molecule has 0 saturated carbocycles. The molecule has 1 heterocycles. The van der Waals surface area contributed by atoms with Crippen LogP contribution in [0.15, 0.2) is 77.8 Å². The van der Waals surface area contributed by atoms with Crippen LogP contribution in [0.4, 0.5) is 10.8 Å². The second kappa shape index (κ2) is 8.46. The number of nitrogen functional groups attached to an aromatic ring is 1. The largest absolute Gasteiger partial charge is 0.398 e. The second-order valence-electron chi connectivity index (χ2n) is 6.32. The molecule has 3 N–H and O–H groups in total. The van der Waals surface area contributed by atoms with Gasteiger partial charge < -0.3 is 11.1 Å². The quantitative estimate of drug-likeness (QED) is 0.342. The Morgan fingerprint density at radius 1 is 1.04 bits per heavy atom. The summed E-state index contributed by atoms with van der Waals surface area (Å²) in [6.45, 7) is 0. The third-order valence-corrected chi connectivity index (χ3v) is 6.32. The number of para-hydroxylation sites is 1. The van der Waals surface area contributed by atoms with Crippen LogP contribution in [0.3, 0.4) is 0 Å². The lowest BCUT2D eigenvalue weighted by Gasteiger charge is -2.05. The van der Waals surface area contributed by atoms with Gasteiger partial charge in [0.1, 0.15) is 0 Å². The highest BCUT2D eigenvalue weighted by Crippen LogP contribution is 2.27. The van der Waals surface area contributed by atoms with E-state index in [1.807, 2.05) is 36.5 Å². The third kappa shape index (κ3) is 4.35. The van der Waals surface area contributed by atoms with E-state index in [2.05, 4.69) is 46.7 Å². The van der Waals surface area contributed by atoms with Crippen LogP contribution < -0.4 is 11.1 Å². The number of benzene rings is 3. The van der Waals surface area contributed by atoms with Crippen molar-refractivity contribution in [3.05, 3.63) is 83.4 Å². The first kappa shape index (κ1) is 18.5. The predicted molar refractivity (Wildman–Crippen MR) is 119 cm³/mol. The predicted octanol–water partition coefficient (Wildman–Crippen LogP) is 5.20. The van der Waals surface area contributed by atoms with Crippen molar-refractivity contribution in [1.82, 2.24) is 4.98 Å². The number of nitrogens with one attached hydrogen (secondary N) is 1. The normalized spacial score (nSPS) is 10.9. The fourth-order valence-electron chi connectivity index (χ4n) is 2.99. The number of fused-ring (bicyclic) bond motifs is 1. The molecule has 4 nitrogen and oxygen atoms in total. The Bertz CT molecular complexity index is 1120. The summed E-state index contributed by atoms with van der Waals surface area (Å²) in [7, 11) is 0. The van der Waals surface area contributed by atoms with Gasteiger partial charge in [0.2, 0.25) is 5.91 Å². The minimum Gasteiger partial charge on any atom is -0.398 e. The maximum atomic E-state index is 12.2. The molecule has 1 aromatic heterocycles. The summed E-state index contributed by atoms with van der Waals surface area (Å²) < 4.78 is 0. The molecule has 0 aliphatic rings. The number of anilines is 2. The minimum absolute atomic E-state index is 0.0840. The van der Waals surface area contributed by atoms with Gasteiger partial charge in [-0.3, -0.25) is 4.79 Å². The van der Waals surface area contributed by atoms with Crippen molar-refractivity contribution in [2.75, 3.05) is 16.8 Å². The van der Waals surface area contributed by atoms with Gasteiger partial charge in [-0.05, 0) is 28.5 Å². The summed E-state index contributed by atoms with van der Waals surface area (Å²) >= 11 is 2.94. The number of nitrogens with zero attached hydrogens (tertiary/aromatic N) is 1.